The van der Waals surface area contributed by atoms with Gasteiger partial charge in [-0.05, 0) is 0 Å². The summed E-state index contributed by atoms with van der Waals surface area (Å²) < 4.78 is 21.7. The lowest BCUT2D eigenvalue weighted by molar-refractivity contribution is -0.0504. The Hall–Kier alpha value is -2.06. The number of aromatic amines is 1. The van der Waals surface area contributed by atoms with Crippen molar-refractivity contribution in [2.75, 3.05) is 12.3 Å². The van der Waals surface area contributed by atoms with E-state index in [1.54, 1.807) is 0 Å². The van der Waals surface area contributed by atoms with Crippen LogP contribution < -0.4 is 5.73 Å². The van der Waals surface area contributed by atoms with Crippen molar-refractivity contribution in [3.05, 3.63) is 11.0 Å². The highest BCUT2D eigenvalue weighted by Gasteiger charge is 2.57. The number of aromatic nitrogens is 4. The predicted octanol–water partition coefficient (Wildman–Crippen LogP) is -0.337. The monoisotopic (exact) mass is 325 g/mol. The van der Waals surface area contributed by atoms with Crippen molar-refractivity contribution in [2.45, 2.75) is 24.1 Å². The summed E-state index contributed by atoms with van der Waals surface area (Å²) >= 11 is 5.07. The van der Waals surface area contributed by atoms with Gasteiger partial charge in [-0.3, -0.25) is 4.57 Å². The highest BCUT2D eigenvalue weighted by Crippen LogP contribution is 2.42. The maximum atomic E-state index is 15.0. The van der Waals surface area contributed by atoms with E-state index in [0.717, 1.165) is 0 Å². The van der Waals surface area contributed by atoms with Gasteiger partial charge in [0.2, 0.25) is 11.6 Å². The number of hydrogen-bond donors (Lipinski definition) is 4. The third kappa shape index (κ3) is 1.91. The minimum atomic E-state index is -2.56. The second kappa shape index (κ2) is 4.99. The van der Waals surface area contributed by atoms with E-state index in [0.29, 0.717) is 0 Å². The van der Waals surface area contributed by atoms with Crippen LogP contribution in [0, 0.1) is 17.0 Å². The van der Waals surface area contributed by atoms with Gasteiger partial charge in [-0.1, -0.05) is 18.1 Å². The molecule has 0 aliphatic carbocycles. The molecule has 0 radical (unpaired) electrons. The first-order chi connectivity index (χ1) is 10.4. The summed E-state index contributed by atoms with van der Waals surface area (Å²) in [6.07, 6.45) is 2.18. The lowest BCUT2D eigenvalue weighted by Gasteiger charge is -2.23. The number of nitrogens with one attached hydrogen (secondary N) is 1. The zero-order valence-corrected chi connectivity index (χ0v) is 11.9. The van der Waals surface area contributed by atoms with E-state index in [2.05, 4.69) is 15.0 Å². The van der Waals surface area contributed by atoms with Gasteiger partial charge in [0.15, 0.2) is 11.9 Å². The van der Waals surface area contributed by atoms with Crippen molar-refractivity contribution < 1.29 is 19.3 Å². The molecule has 0 spiro atoms. The average molecular weight is 325 g/mol. The van der Waals surface area contributed by atoms with Crippen LogP contribution in [-0.2, 0) is 4.74 Å². The fourth-order valence-corrected chi connectivity index (χ4v) is 2.69. The van der Waals surface area contributed by atoms with E-state index in [1.165, 1.54) is 10.9 Å². The molecule has 5 N–H and O–H groups in total. The van der Waals surface area contributed by atoms with Crippen molar-refractivity contribution >= 4 is 29.3 Å². The lowest BCUT2D eigenvalue weighted by atomic mass is 9.97. The van der Waals surface area contributed by atoms with Crippen molar-refractivity contribution in [3.8, 4) is 12.3 Å². The van der Waals surface area contributed by atoms with Crippen LogP contribution >= 0.6 is 12.2 Å². The van der Waals surface area contributed by atoms with Gasteiger partial charge < -0.3 is 25.7 Å². The van der Waals surface area contributed by atoms with E-state index >= 15 is 0 Å². The second-order valence-corrected chi connectivity index (χ2v) is 5.25. The van der Waals surface area contributed by atoms with Gasteiger partial charge in [-0.15, -0.1) is 6.42 Å². The topological polar surface area (TPSA) is 122 Å². The molecule has 22 heavy (non-hydrogen) atoms. The Bertz CT molecular complexity index is 830. The molecule has 0 bridgehead atoms. The number of nitrogens with zero attached hydrogens (tertiary/aromatic N) is 3. The molecule has 0 saturated carbocycles. The van der Waals surface area contributed by atoms with Gasteiger partial charge in [-0.25, -0.2) is 9.37 Å². The number of hydrogen-bond acceptors (Lipinski definition) is 7. The third-order valence-corrected chi connectivity index (χ3v) is 3.85. The summed E-state index contributed by atoms with van der Waals surface area (Å²) in [4.78, 5) is 10.7. The minimum absolute atomic E-state index is 0.0154. The summed E-state index contributed by atoms with van der Waals surface area (Å²) in [5, 5.41) is 19.1. The Morgan fingerprint density at radius 2 is 2.41 bits per heavy atom. The van der Waals surface area contributed by atoms with Crippen LogP contribution in [0.5, 0.6) is 0 Å². The number of alkyl halides is 1. The van der Waals surface area contributed by atoms with E-state index in [4.69, 9.17) is 29.1 Å². The number of aliphatic hydroxyl groups is 2. The number of imidazole rings is 1. The molecular formula is C12H12FN5O3S. The highest BCUT2D eigenvalue weighted by molar-refractivity contribution is 7.71. The Morgan fingerprint density at radius 1 is 1.68 bits per heavy atom. The smallest absolute Gasteiger partial charge is 0.243 e. The quantitative estimate of drug-likeness (QED) is 0.440. The molecule has 1 fully saturated rings. The van der Waals surface area contributed by atoms with Crippen LogP contribution in [0.1, 0.15) is 6.23 Å². The molecule has 1 aliphatic heterocycles. The largest absolute Gasteiger partial charge is 0.394 e. The van der Waals surface area contributed by atoms with Crippen LogP contribution in [0.25, 0.3) is 11.2 Å². The number of anilines is 1. The summed E-state index contributed by atoms with van der Waals surface area (Å²) in [5.74, 6) is 1.91. The molecule has 10 heteroatoms. The summed E-state index contributed by atoms with van der Waals surface area (Å²) in [6.45, 7) is -0.590. The zero-order chi connectivity index (χ0) is 16.1. The molecular weight excluding hydrogens is 313 g/mol. The summed E-state index contributed by atoms with van der Waals surface area (Å²) in [6, 6.07) is 0. The van der Waals surface area contributed by atoms with Gasteiger partial charge in [0.25, 0.3) is 0 Å². The fourth-order valence-electron chi connectivity index (χ4n) is 2.44. The summed E-state index contributed by atoms with van der Waals surface area (Å²) in [7, 11) is 0. The van der Waals surface area contributed by atoms with E-state index in [1.807, 2.05) is 5.92 Å². The number of fused-ring (bicyclic) bond motifs is 1. The minimum Gasteiger partial charge on any atom is -0.394 e. The molecule has 116 valence electrons. The first-order valence-electron chi connectivity index (χ1n) is 6.25. The first-order valence-corrected chi connectivity index (χ1v) is 6.66. The zero-order valence-electron chi connectivity index (χ0n) is 11.1. The van der Waals surface area contributed by atoms with Gasteiger partial charge in [0, 0.05) is 0 Å². The number of aliphatic hydroxyl groups excluding tert-OH is 2. The number of ether oxygens (including phenoxy) is 1. The van der Waals surface area contributed by atoms with Gasteiger partial charge in [-0.2, -0.15) is 4.98 Å². The second-order valence-electron chi connectivity index (χ2n) is 4.84. The Kier molecular flexibility index (Phi) is 3.37. The van der Waals surface area contributed by atoms with Crippen LogP contribution in [0.4, 0.5) is 10.3 Å². The van der Waals surface area contributed by atoms with Crippen molar-refractivity contribution in [1.29, 1.82) is 0 Å². The molecule has 8 nitrogen and oxygen atoms in total. The Labute approximate surface area is 128 Å². The molecule has 3 heterocycles. The maximum Gasteiger partial charge on any atom is 0.243 e. The van der Waals surface area contributed by atoms with Crippen LogP contribution in [0.3, 0.4) is 0 Å². The highest BCUT2D eigenvalue weighted by atomic mass is 32.1. The van der Waals surface area contributed by atoms with Crippen LogP contribution in [0.15, 0.2) is 6.33 Å². The van der Waals surface area contributed by atoms with Crippen LogP contribution in [-0.4, -0.2) is 54.2 Å². The Morgan fingerprint density at radius 3 is 3.05 bits per heavy atom. The molecule has 4 atom stereocenters. The summed E-state index contributed by atoms with van der Waals surface area (Å²) in [5.41, 5.74) is 3.48. The first kappa shape index (κ1) is 14.9. The normalized spacial score (nSPS) is 31.5. The standard InChI is InChI=1S/C12H12FN5O3S/c1-2-12(13)7(20)5(3-19)21-10(12)18-4-15-6-8(18)16-11(14)17-9(6)22/h1,4-5,7,10,19-20H,3H2,(H3,14,16,17,22)/t5-,7?,10-,12-/m1/s1. The molecule has 1 aliphatic rings. The fraction of sp³-hybridized carbons (Fsp3) is 0.417. The van der Waals surface area contributed by atoms with Gasteiger partial charge >= 0.3 is 0 Å². The molecule has 1 saturated heterocycles. The Balaban J connectivity index is 2.19. The number of terminal acetylenes is 1. The third-order valence-electron chi connectivity index (χ3n) is 3.55. The van der Waals surface area contributed by atoms with E-state index in [-0.39, 0.29) is 21.8 Å². The van der Waals surface area contributed by atoms with Gasteiger partial charge in [0.1, 0.15) is 22.4 Å². The maximum absolute atomic E-state index is 15.0. The average Bonchev–Trinajstić information content (AvgIpc) is 3.00. The van der Waals surface area contributed by atoms with Crippen molar-refractivity contribution in [3.63, 3.8) is 0 Å². The van der Waals surface area contributed by atoms with E-state index in [9.17, 15) is 14.6 Å². The number of halogens is 1. The number of rotatable bonds is 2. The lowest BCUT2D eigenvalue weighted by Crippen LogP contribution is -2.42. The molecule has 0 aromatic carbocycles. The molecule has 0 amide bonds. The number of nitrogen functional groups attached to an aromatic ring is 1. The van der Waals surface area contributed by atoms with Crippen LogP contribution in [0.2, 0.25) is 0 Å². The van der Waals surface area contributed by atoms with Crippen molar-refractivity contribution in [1.82, 2.24) is 19.5 Å². The van der Waals surface area contributed by atoms with Gasteiger partial charge in [0.05, 0.1) is 12.9 Å². The molecule has 3 rings (SSSR count). The van der Waals surface area contributed by atoms with Crippen molar-refractivity contribution in [2.24, 2.45) is 0 Å². The van der Waals surface area contributed by atoms with E-state index < -0.39 is 30.7 Å². The number of nitrogens with two attached hydrogens (primary N) is 1. The molecule has 2 aromatic rings. The molecule has 2 aromatic heterocycles. The molecule has 1 unspecified atom stereocenters. The number of H-pyrrole nitrogens is 1. The SMILES string of the molecule is C#C[C@@]1(F)C(O)[C@@H](CO)O[C@H]1n1cnc2c(=S)[nH]c(N)nc21. The predicted molar refractivity (Wildman–Crippen MR) is 76.8 cm³/mol.